The normalized spacial score (nSPS) is 10.9. The molecule has 62 valence electrons. The second-order valence-electron chi connectivity index (χ2n) is 2.72. The fraction of sp³-hybridized carbons (Fsp3) is 0.111. The lowest BCUT2D eigenvalue weighted by Gasteiger charge is -1.97. The Balaban J connectivity index is 2.87. The highest BCUT2D eigenvalue weighted by Gasteiger charge is 2.03. The molecule has 0 saturated carbocycles. The Labute approximate surface area is 89.1 Å². The van der Waals surface area contributed by atoms with Gasteiger partial charge >= 0.3 is 0 Å². The fourth-order valence-corrected chi connectivity index (χ4v) is 2.90. The van der Waals surface area contributed by atoms with Gasteiger partial charge in [0.25, 0.3) is 0 Å². The van der Waals surface area contributed by atoms with E-state index in [9.17, 15) is 0 Å². The van der Waals surface area contributed by atoms with E-state index in [1.807, 2.05) is 0 Å². The number of halogens is 1. The summed E-state index contributed by atoms with van der Waals surface area (Å²) in [5.74, 6) is 0. The third kappa shape index (κ3) is 1.30. The Bertz CT molecular complexity index is 431. The van der Waals surface area contributed by atoms with Crippen LogP contribution in [-0.4, -0.2) is 0 Å². The molecule has 0 radical (unpaired) electrons. The lowest BCUT2D eigenvalue weighted by molar-refractivity contribution is 1.46. The second kappa shape index (κ2) is 3.05. The predicted molar refractivity (Wildman–Crippen MR) is 61.5 cm³/mol. The van der Waals surface area contributed by atoms with Crippen LogP contribution < -0.4 is 0 Å². The minimum atomic E-state index is 1.07. The number of rotatable bonds is 0. The van der Waals surface area contributed by atoms with Crippen LogP contribution in [0.3, 0.4) is 0 Å². The van der Waals surface area contributed by atoms with Crippen LogP contribution in [0.2, 0.25) is 0 Å². The Morgan fingerprint density at radius 3 is 2.92 bits per heavy atom. The Hall–Kier alpha value is 0.01000. The lowest BCUT2D eigenvalue weighted by atomic mass is 10.2. The topological polar surface area (TPSA) is 0 Å². The van der Waals surface area contributed by atoms with Crippen LogP contribution in [-0.2, 0) is 0 Å². The zero-order valence-corrected chi connectivity index (χ0v) is 9.76. The van der Waals surface area contributed by atoms with E-state index in [-0.39, 0.29) is 0 Å². The number of benzene rings is 1. The highest BCUT2D eigenvalue weighted by atomic mass is 79.9. The number of thiol groups is 1. The van der Waals surface area contributed by atoms with E-state index in [0.29, 0.717) is 0 Å². The molecule has 0 nitrogen and oxygen atoms in total. The third-order valence-corrected chi connectivity index (χ3v) is 4.18. The van der Waals surface area contributed by atoms with Gasteiger partial charge in [-0.2, -0.15) is 0 Å². The van der Waals surface area contributed by atoms with Crippen molar-refractivity contribution in [2.45, 2.75) is 11.8 Å². The summed E-state index contributed by atoms with van der Waals surface area (Å²) in [6, 6.07) is 4.31. The van der Waals surface area contributed by atoms with Crippen molar-refractivity contribution in [2.75, 3.05) is 0 Å². The monoisotopic (exact) mass is 258 g/mol. The molecule has 2 rings (SSSR count). The number of hydrogen-bond acceptors (Lipinski definition) is 2. The first-order chi connectivity index (χ1) is 5.68. The van der Waals surface area contributed by atoms with Gasteiger partial charge in [0.1, 0.15) is 0 Å². The summed E-state index contributed by atoms with van der Waals surface area (Å²) in [6.45, 7) is 2.09. The van der Waals surface area contributed by atoms with Crippen LogP contribution in [0, 0.1) is 6.92 Å². The van der Waals surface area contributed by atoms with Gasteiger partial charge in [0, 0.05) is 24.8 Å². The van der Waals surface area contributed by atoms with Gasteiger partial charge in [0.15, 0.2) is 0 Å². The van der Waals surface area contributed by atoms with Gasteiger partial charge in [-0.1, -0.05) is 15.9 Å². The van der Waals surface area contributed by atoms with Crippen molar-refractivity contribution in [2.24, 2.45) is 0 Å². The highest BCUT2D eigenvalue weighted by Crippen LogP contribution is 2.32. The zero-order chi connectivity index (χ0) is 8.72. The molecule has 0 aliphatic heterocycles. The maximum absolute atomic E-state index is 4.38. The molecule has 0 amide bonds. The van der Waals surface area contributed by atoms with Crippen molar-refractivity contribution >= 4 is 50.0 Å². The van der Waals surface area contributed by atoms with Crippen molar-refractivity contribution < 1.29 is 0 Å². The molecule has 0 N–H and O–H groups in total. The molecule has 0 spiro atoms. The first-order valence-electron chi connectivity index (χ1n) is 3.55. The lowest BCUT2D eigenvalue weighted by Crippen LogP contribution is -1.73. The molecule has 1 aromatic heterocycles. The van der Waals surface area contributed by atoms with Crippen LogP contribution in [0.25, 0.3) is 10.1 Å². The Morgan fingerprint density at radius 2 is 2.17 bits per heavy atom. The summed E-state index contributed by atoms with van der Waals surface area (Å²) in [5, 5.41) is 3.32. The van der Waals surface area contributed by atoms with E-state index < -0.39 is 0 Å². The van der Waals surface area contributed by atoms with Gasteiger partial charge in [-0.05, 0) is 24.6 Å². The number of aryl methyl sites for hydroxylation is 1. The van der Waals surface area contributed by atoms with Crippen LogP contribution in [0.4, 0.5) is 0 Å². The first-order valence-corrected chi connectivity index (χ1v) is 5.67. The summed E-state index contributed by atoms with van der Waals surface area (Å²) in [6.07, 6.45) is 0. The maximum atomic E-state index is 4.38. The smallest absolute Gasteiger partial charge is 0.0365 e. The van der Waals surface area contributed by atoms with Crippen molar-refractivity contribution in [3.63, 3.8) is 0 Å². The summed E-state index contributed by atoms with van der Waals surface area (Å²) >= 11 is 9.62. The summed E-state index contributed by atoms with van der Waals surface area (Å²) in [5.41, 5.74) is 1.26. The number of fused-ring (bicyclic) bond motifs is 1. The van der Waals surface area contributed by atoms with Crippen LogP contribution in [0.1, 0.15) is 5.56 Å². The third-order valence-electron chi connectivity index (χ3n) is 1.83. The average molecular weight is 259 g/mol. The van der Waals surface area contributed by atoms with Gasteiger partial charge in [-0.15, -0.1) is 24.0 Å². The zero-order valence-electron chi connectivity index (χ0n) is 6.47. The van der Waals surface area contributed by atoms with E-state index in [4.69, 9.17) is 0 Å². The van der Waals surface area contributed by atoms with E-state index in [0.717, 1.165) is 4.90 Å². The molecule has 0 fully saturated rings. The SMILES string of the molecule is Cc1cc2c(S)csc2cc1Br. The molecule has 0 unspecified atom stereocenters. The van der Waals surface area contributed by atoms with E-state index >= 15 is 0 Å². The highest BCUT2D eigenvalue weighted by molar-refractivity contribution is 9.10. The molecular weight excluding hydrogens is 252 g/mol. The van der Waals surface area contributed by atoms with E-state index in [1.54, 1.807) is 11.3 Å². The largest absolute Gasteiger partial charge is 0.143 e. The van der Waals surface area contributed by atoms with Crippen molar-refractivity contribution in [3.05, 3.63) is 27.5 Å². The van der Waals surface area contributed by atoms with E-state index in [1.165, 1.54) is 20.1 Å². The molecule has 0 bridgehead atoms. The number of thiophene rings is 1. The van der Waals surface area contributed by atoms with Gasteiger partial charge in [0.05, 0.1) is 0 Å². The van der Waals surface area contributed by atoms with Gasteiger partial charge in [-0.25, -0.2) is 0 Å². The standard InChI is InChI=1S/C9H7BrS2/c1-5-2-6-8(11)4-12-9(6)3-7(5)10/h2-4,11H,1H3. The van der Waals surface area contributed by atoms with E-state index in [2.05, 4.69) is 53.0 Å². The van der Waals surface area contributed by atoms with Gasteiger partial charge in [0.2, 0.25) is 0 Å². The molecule has 1 aromatic carbocycles. The molecular formula is C9H7BrS2. The van der Waals surface area contributed by atoms with Gasteiger partial charge in [-0.3, -0.25) is 0 Å². The molecule has 3 heteroatoms. The van der Waals surface area contributed by atoms with Crippen LogP contribution >= 0.6 is 39.9 Å². The molecule has 0 aliphatic rings. The Kier molecular flexibility index (Phi) is 2.19. The molecule has 1 heterocycles. The quantitative estimate of drug-likeness (QED) is 0.671. The number of hydrogen-bond donors (Lipinski definition) is 1. The van der Waals surface area contributed by atoms with Crippen molar-refractivity contribution in [1.82, 2.24) is 0 Å². The molecule has 2 aromatic rings. The average Bonchev–Trinajstić information content (AvgIpc) is 2.35. The summed E-state index contributed by atoms with van der Waals surface area (Å²) < 4.78 is 2.46. The summed E-state index contributed by atoms with van der Waals surface area (Å²) in [7, 11) is 0. The summed E-state index contributed by atoms with van der Waals surface area (Å²) in [4.78, 5) is 1.07. The fourth-order valence-electron chi connectivity index (χ4n) is 1.14. The minimum absolute atomic E-state index is 1.07. The Morgan fingerprint density at radius 1 is 1.42 bits per heavy atom. The first kappa shape index (κ1) is 8.60. The molecule has 12 heavy (non-hydrogen) atoms. The molecule has 0 aliphatic carbocycles. The van der Waals surface area contributed by atoms with Crippen LogP contribution in [0.15, 0.2) is 26.9 Å². The van der Waals surface area contributed by atoms with Crippen molar-refractivity contribution in [1.29, 1.82) is 0 Å². The molecule has 0 atom stereocenters. The van der Waals surface area contributed by atoms with Gasteiger partial charge < -0.3 is 0 Å². The predicted octanol–water partition coefficient (Wildman–Crippen LogP) is 4.26. The van der Waals surface area contributed by atoms with Crippen molar-refractivity contribution in [3.8, 4) is 0 Å². The van der Waals surface area contributed by atoms with Crippen LogP contribution in [0.5, 0.6) is 0 Å². The second-order valence-corrected chi connectivity index (χ2v) is 4.97. The maximum Gasteiger partial charge on any atom is 0.0365 e. The molecule has 0 saturated heterocycles. The minimum Gasteiger partial charge on any atom is -0.143 e.